The van der Waals surface area contributed by atoms with Gasteiger partial charge in [0.05, 0.1) is 0 Å². The Bertz CT molecular complexity index is 632. The van der Waals surface area contributed by atoms with E-state index >= 15 is 0 Å². The lowest BCUT2D eigenvalue weighted by Crippen LogP contribution is -2.22. The zero-order valence-corrected chi connectivity index (χ0v) is 12.3. The summed E-state index contributed by atoms with van der Waals surface area (Å²) < 4.78 is 0. The summed E-state index contributed by atoms with van der Waals surface area (Å²) >= 11 is 0. The molecule has 3 heteroatoms. The van der Waals surface area contributed by atoms with E-state index in [0.29, 0.717) is 0 Å². The predicted octanol–water partition coefficient (Wildman–Crippen LogP) is 3.22. The van der Waals surface area contributed by atoms with Crippen LogP contribution in [0.1, 0.15) is 22.3 Å². The van der Waals surface area contributed by atoms with Crippen LogP contribution in [0.3, 0.4) is 0 Å². The Balaban J connectivity index is 2.29. The summed E-state index contributed by atoms with van der Waals surface area (Å²) in [5.74, 6) is 0.111. The Morgan fingerprint density at radius 3 is 2.45 bits per heavy atom. The van der Waals surface area contributed by atoms with Gasteiger partial charge in [0, 0.05) is 24.8 Å². The number of hydrogen-bond acceptors (Lipinski definition) is 2. The number of amidine groups is 1. The third-order valence-electron chi connectivity index (χ3n) is 3.36. The second-order valence-electron chi connectivity index (χ2n) is 5.28. The lowest BCUT2D eigenvalue weighted by atomic mass is 10.1. The number of nitrogens with two attached hydrogens (primary N) is 1. The number of aryl methyl sites for hydroxylation is 2. The summed E-state index contributed by atoms with van der Waals surface area (Å²) in [7, 11) is 2.03. The smallest absolute Gasteiger partial charge is 0.124 e. The van der Waals surface area contributed by atoms with Crippen LogP contribution in [0.25, 0.3) is 0 Å². The molecule has 2 rings (SSSR count). The van der Waals surface area contributed by atoms with Crippen LogP contribution in [0.5, 0.6) is 0 Å². The summed E-state index contributed by atoms with van der Waals surface area (Å²) in [6.45, 7) is 4.90. The first-order chi connectivity index (χ1) is 9.47. The first-order valence-corrected chi connectivity index (χ1v) is 6.69. The fourth-order valence-corrected chi connectivity index (χ4v) is 2.37. The van der Waals surface area contributed by atoms with E-state index < -0.39 is 0 Å². The summed E-state index contributed by atoms with van der Waals surface area (Å²) in [6, 6.07) is 14.5. The molecular weight excluding hydrogens is 246 g/mol. The Kier molecular flexibility index (Phi) is 4.08. The molecule has 3 N–H and O–H groups in total. The molecule has 0 fully saturated rings. The fourth-order valence-electron chi connectivity index (χ4n) is 2.37. The predicted molar refractivity (Wildman–Crippen MR) is 85.5 cm³/mol. The first-order valence-electron chi connectivity index (χ1n) is 6.69. The maximum atomic E-state index is 7.73. The SMILES string of the molecule is Cc1cccc(CN(C)c2ccc(C)cc2C(=N)N)c1. The molecule has 0 aliphatic rings. The average molecular weight is 267 g/mol. The van der Waals surface area contributed by atoms with Gasteiger partial charge >= 0.3 is 0 Å². The molecule has 2 aromatic carbocycles. The normalized spacial score (nSPS) is 10.3. The van der Waals surface area contributed by atoms with Crippen molar-refractivity contribution in [3.8, 4) is 0 Å². The van der Waals surface area contributed by atoms with Crippen LogP contribution < -0.4 is 10.6 Å². The third-order valence-corrected chi connectivity index (χ3v) is 3.36. The fraction of sp³-hybridized carbons (Fsp3) is 0.235. The van der Waals surface area contributed by atoms with Crippen molar-refractivity contribution in [2.75, 3.05) is 11.9 Å². The minimum Gasteiger partial charge on any atom is -0.384 e. The van der Waals surface area contributed by atoms with Gasteiger partial charge in [-0.25, -0.2) is 0 Å². The van der Waals surface area contributed by atoms with Crippen LogP contribution in [0, 0.1) is 19.3 Å². The van der Waals surface area contributed by atoms with Crippen molar-refractivity contribution in [3.05, 3.63) is 64.7 Å². The van der Waals surface area contributed by atoms with Crippen LogP contribution in [0.2, 0.25) is 0 Å². The van der Waals surface area contributed by atoms with E-state index in [0.717, 1.165) is 23.4 Å². The number of hydrogen-bond donors (Lipinski definition) is 2. The number of nitrogen functional groups attached to an aromatic ring is 1. The highest BCUT2D eigenvalue weighted by molar-refractivity contribution is 6.00. The van der Waals surface area contributed by atoms with Gasteiger partial charge in [-0.15, -0.1) is 0 Å². The maximum absolute atomic E-state index is 7.73. The van der Waals surface area contributed by atoms with E-state index in [9.17, 15) is 0 Å². The maximum Gasteiger partial charge on any atom is 0.124 e. The van der Waals surface area contributed by atoms with Gasteiger partial charge in [-0.2, -0.15) is 0 Å². The van der Waals surface area contributed by atoms with E-state index in [2.05, 4.69) is 42.2 Å². The monoisotopic (exact) mass is 267 g/mol. The van der Waals surface area contributed by atoms with Crippen LogP contribution in [0.15, 0.2) is 42.5 Å². The van der Waals surface area contributed by atoms with E-state index in [1.165, 1.54) is 11.1 Å². The zero-order valence-electron chi connectivity index (χ0n) is 12.3. The average Bonchev–Trinajstić information content (AvgIpc) is 2.38. The van der Waals surface area contributed by atoms with Crippen molar-refractivity contribution in [2.45, 2.75) is 20.4 Å². The molecule has 0 spiro atoms. The van der Waals surface area contributed by atoms with Crippen LogP contribution in [-0.2, 0) is 6.54 Å². The lowest BCUT2D eigenvalue weighted by molar-refractivity contribution is 0.919. The number of nitrogens with one attached hydrogen (secondary N) is 1. The minimum absolute atomic E-state index is 0.111. The van der Waals surface area contributed by atoms with Gasteiger partial charge < -0.3 is 10.6 Å². The summed E-state index contributed by atoms with van der Waals surface area (Å²) in [6.07, 6.45) is 0. The molecule has 0 bridgehead atoms. The van der Waals surface area contributed by atoms with Gasteiger partial charge in [-0.1, -0.05) is 41.5 Å². The van der Waals surface area contributed by atoms with Gasteiger partial charge in [-0.05, 0) is 31.5 Å². The molecule has 2 aromatic rings. The van der Waals surface area contributed by atoms with Crippen LogP contribution >= 0.6 is 0 Å². The first kappa shape index (κ1) is 14.1. The van der Waals surface area contributed by atoms with Crippen molar-refractivity contribution in [3.63, 3.8) is 0 Å². The Morgan fingerprint density at radius 2 is 1.80 bits per heavy atom. The molecule has 0 unspecified atom stereocenters. The van der Waals surface area contributed by atoms with Gasteiger partial charge in [0.1, 0.15) is 5.84 Å². The molecule has 0 aliphatic carbocycles. The number of nitrogens with zero attached hydrogens (tertiary/aromatic N) is 1. The molecule has 0 radical (unpaired) electrons. The lowest BCUT2D eigenvalue weighted by Gasteiger charge is -2.23. The van der Waals surface area contributed by atoms with Crippen molar-refractivity contribution in [2.24, 2.45) is 5.73 Å². The summed E-state index contributed by atoms with van der Waals surface area (Å²) in [5, 5.41) is 7.73. The second-order valence-corrected chi connectivity index (χ2v) is 5.28. The van der Waals surface area contributed by atoms with E-state index in [1.807, 2.05) is 26.1 Å². The van der Waals surface area contributed by atoms with E-state index in [-0.39, 0.29) is 5.84 Å². The molecule has 104 valence electrons. The Morgan fingerprint density at radius 1 is 1.10 bits per heavy atom. The molecule has 0 saturated carbocycles. The van der Waals surface area contributed by atoms with Crippen molar-refractivity contribution in [1.29, 1.82) is 5.41 Å². The largest absolute Gasteiger partial charge is 0.384 e. The Labute approximate surface area is 120 Å². The van der Waals surface area contributed by atoms with Gasteiger partial charge in [0.2, 0.25) is 0 Å². The van der Waals surface area contributed by atoms with Crippen LogP contribution in [-0.4, -0.2) is 12.9 Å². The molecule has 20 heavy (non-hydrogen) atoms. The van der Waals surface area contributed by atoms with Crippen molar-refractivity contribution >= 4 is 11.5 Å². The molecule has 0 heterocycles. The number of anilines is 1. The van der Waals surface area contributed by atoms with Crippen LogP contribution in [0.4, 0.5) is 5.69 Å². The van der Waals surface area contributed by atoms with Crippen molar-refractivity contribution < 1.29 is 0 Å². The molecule has 3 nitrogen and oxygen atoms in total. The van der Waals surface area contributed by atoms with Gasteiger partial charge in [-0.3, -0.25) is 5.41 Å². The molecule has 0 amide bonds. The van der Waals surface area contributed by atoms with Crippen molar-refractivity contribution in [1.82, 2.24) is 0 Å². The summed E-state index contributed by atoms with van der Waals surface area (Å²) in [5.41, 5.74) is 11.1. The van der Waals surface area contributed by atoms with E-state index in [1.54, 1.807) is 0 Å². The standard InChI is InChI=1S/C17H21N3/c1-12-5-4-6-14(9-12)11-20(3)16-8-7-13(2)10-15(16)17(18)19/h4-10H,11H2,1-3H3,(H3,18,19). The topological polar surface area (TPSA) is 53.1 Å². The van der Waals surface area contributed by atoms with Gasteiger partial charge in [0.15, 0.2) is 0 Å². The van der Waals surface area contributed by atoms with Gasteiger partial charge in [0.25, 0.3) is 0 Å². The molecule has 0 aromatic heterocycles. The molecule has 0 atom stereocenters. The highest BCUT2D eigenvalue weighted by atomic mass is 15.1. The highest BCUT2D eigenvalue weighted by Crippen LogP contribution is 2.22. The van der Waals surface area contributed by atoms with E-state index in [4.69, 9.17) is 11.1 Å². The number of rotatable bonds is 4. The second kappa shape index (κ2) is 5.78. The molecule has 0 saturated heterocycles. The minimum atomic E-state index is 0.111. The molecular formula is C17H21N3. The summed E-state index contributed by atoms with van der Waals surface area (Å²) in [4.78, 5) is 2.13. The quantitative estimate of drug-likeness (QED) is 0.660. The highest BCUT2D eigenvalue weighted by Gasteiger charge is 2.10. The molecule has 0 aliphatic heterocycles. The number of benzene rings is 2. The Hall–Kier alpha value is -2.29. The third kappa shape index (κ3) is 3.18. The zero-order chi connectivity index (χ0) is 14.7.